The van der Waals surface area contributed by atoms with Crippen molar-refractivity contribution in [3.63, 3.8) is 0 Å². The number of hydrogen-bond donors (Lipinski definition) is 1. The Morgan fingerprint density at radius 1 is 1.00 bits per heavy atom. The van der Waals surface area contributed by atoms with E-state index in [2.05, 4.69) is 4.84 Å². The molecule has 2 aliphatic rings. The molecular weight excluding hydrogens is 519 g/mol. The third kappa shape index (κ3) is 4.53. The lowest BCUT2D eigenvalue weighted by atomic mass is 9.86. The van der Waals surface area contributed by atoms with E-state index in [1.54, 1.807) is 13.8 Å². The summed E-state index contributed by atoms with van der Waals surface area (Å²) in [5.41, 5.74) is -7.15. The van der Waals surface area contributed by atoms with Gasteiger partial charge >= 0.3 is 12.4 Å². The molecule has 200 valence electrons. The normalized spacial score (nSPS) is 21.5. The fourth-order valence-electron chi connectivity index (χ4n) is 4.21. The van der Waals surface area contributed by atoms with Crippen LogP contribution in [-0.4, -0.2) is 30.1 Å². The molecule has 2 heterocycles. The van der Waals surface area contributed by atoms with Crippen molar-refractivity contribution < 1.29 is 49.1 Å². The van der Waals surface area contributed by atoms with Crippen LogP contribution in [0.25, 0.3) is 5.70 Å². The number of hydrogen-bond acceptors (Lipinski definition) is 3. The van der Waals surface area contributed by atoms with E-state index in [0.29, 0.717) is 6.08 Å². The molecule has 4 nitrogen and oxygen atoms in total. The van der Waals surface area contributed by atoms with Crippen molar-refractivity contribution in [3.05, 3.63) is 76.4 Å². The summed E-state index contributed by atoms with van der Waals surface area (Å²) < 4.78 is 124. The van der Waals surface area contributed by atoms with Gasteiger partial charge in [0.2, 0.25) is 11.5 Å². The molecule has 1 unspecified atom stereocenters. The number of carbonyl (C=O) groups excluding carboxylic acids is 1. The SMILES string of the molecule is CC(C)C(=O)N1CC(F)(c2ccc(C3=CC(c4cc(F)c(F)c(C(F)(F)F)c4)(C(F)(F)F)ON3)cc2)C1. The van der Waals surface area contributed by atoms with Gasteiger partial charge in [-0.1, -0.05) is 38.1 Å². The summed E-state index contributed by atoms with van der Waals surface area (Å²) in [5, 5.41) is 0. The third-order valence-electron chi connectivity index (χ3n) is 6.25. The minimum Gasteiger partial charge on any atom is -0.335 e. The van der Waals surface area contributed by atoms with Crippen LogP contribution in [0.1, 0.15) is 36.1 Å². The second-order valence-electron chi connectivity index (χ2n) is 9.20. The van der Waals surface area contributed by atoms with Crippen LogP contribution >= 0.6 is 0 Å². The molecular formula is C24H19F9N2O2. The molecule has 0 radical (unpaired) electrons. The van der Waals surface area contributed by atoms with Gasteiger partial charge < -0.3 is 4.90 Å². The Labute approximate surface area is 204 Å². The number of halogens is 9. The van der Waals surface area contributed by atoms with Crippen LogP contribution in [0.4, 0.5) is 39.5 Å². The van der Waals surface area contributed by atoms with Gasteiger partial charge in [0.25, 0.3) is 0 Å². The first-order chi connectivity index (χ1) is 17.0. The minimum absolute atomic E-state index is 0.0179. The molecule has 1 amide bonds. The van der Waals surface area contributed by atoms with E-state index in [0.717, 1.165) is 0 Å². The van der Waals surface area contributed by atoms with Gasteiger partial charge in [0.1, 0.15) is 0 Å². The maximum atomic E-state index is 15.2. The maximum absolute atomic E-state index is 15.2. The van der Waals surface area contributed by atoms with Crippen molar-refractivity contribution in [2.24, 2.45) is 5.92 Å². The quantitative estimate of drug-likeness (QED) is 0.488. The Bertz CT molecular complexity index is 1250. The van der Waals surface area contributed by atoms with Gasteiger partial charge in [-0.15, -0.1) is 0 Å². The van der Waals surface area contributed by atoms with Crippen molar-refractivity contribution in [2.75, 3.05) is 13.1 Å². The first-order valence-electron chi connectivity index (χ1n) is 10.9. The Morgan fingerprint density at radius 3 is 2.11 bits per heavy atom. The van der Waals surface area contributed by atoms with E-state index in [9.17, 15) is 39.9 Å². The van der Waals surface area contributed by atoms with Crippen molar-refractivity contribution in [1.82, 2.24) is 10.4 Å². The molecule has 1 fully saturated rings. The van der Waals surface area contributed by atoms with Crippen LogP contribution in [0.3, 0.4) is 0 Å². The number of alkyl halides is 7. The fourth-order valence-corrected chi connectivity index (χ4v) is 4.21. The summed E-state index contributed by atoms with van der Waals surface area (Å²) in [5.74, 6) is -5.02. The van der Waals surface area contributed by atoms with Gasteiger partial charge in [-0.3, -0.25) is 15.1 Å². The molecule has 1 atom stereocenters. The van der Waals surface area contributed by atoms with Crippen LogP contribution in [0.5, 0.6) is 0 Å². The summed E-state index contributed by atoms with van der Waals surface area (Å²) in [7, 11) is 0. The summed E-state index contributed by atoms with van der Waals surface area (Å²) in [6.07, 6.45) is -10.5. The lowest BCUT2D eigenvalue weighted by molar-refractivity contribution is -0.269. The van der Waals surface area contributed by atoms with Crippen molar-refractivity contribution in [1.29, 1.82) is 0 Å². The highest BCUT2D eigenvalue weighted by molar-refractivity contribution is 5.79. The van der Waals surface area contributed by atoms with Gasteiger partial charge in [-0.25, -0.2) is 13.2 Å². The summed E-state index contributed by atoms with van der Waals surface area (Å²) in [6.45, 7) is 2.96. The average molecular weight is 538 g/mol. The Kier molecular flexibility index (Phi) is 6.29. The number of benzene rings is 2. The summed E-state index contributed by atoms with van der Waals surface area (Å²) >= 11 is 0. The minimum atomic E-state index is -5.47. The molecule has 4 rings (SSSR count). The van der Waals surface area contributed by atoms with Gasteiger partial charge in [0, 0.05) is 11.5 Å². The number of likely N-dealkylation sites (tertiary alicyclic amines) is 1. The zero-order valence-corrected chi connectivity index (χ0v) is 19.2. The van der Waals surface area contributed by atoms with Gasteiger partial charge in [-0.05, 0) is 29.3 Å². The van der Waals surface area contributed by atoms with Crippen LogP contribution < -0.4 is 5.48 Å². The fraction of sp³-hybridized carbons (Fsp3) is 0.375. The predicted octanol–water partition coefficient (Wildman–Crippen LogP) is 5.98. The van der Waals surface area contributed by atoms with Crippen LogP contribution in [0, 0.1) is 17.6 Å². The zero-order valence-electron chi connectivity index (χ0n) is 19.2. The van der Waals surface area contributed by atoms with Crippen LogP contribution in [0.2, 0.25) is 0 Å². The second-order valence-corrected chi connectivity index (χ2v) is 9.20. The number of nitrogens with zero attached hydrogens (tertiary/aromatic N) is 1. The molecule has 1 N–H and O–H groups in total. The van der Waals surface area contributed by atoms with Gasteiger partial charge in [0.15, 0.2) is 17.3 Å². The molecule has 2 aromatic rings. The highest BCUT2D eigenvalue weighted by Crippen LogP contribution is 2.49. The number of rotatable bonds is 4. The van der Waals surface area contributed by atoms with E-state index < -0.39 is 46.4 Å². The Morgan fingerprint density at radius 2 is 1.59 bits per heavy atom. The van der Waals surface area contributed by atoms with Crippen molar-refractivity contribution >= 4 is 11.6 Å². The molecule has 0 aliphatic carbocycles. The lowest BCUT2D eigenvalue weighted by Gasteiger charge is -2.45. The molecule has 2 aliphatic heterocycles. The monoisotopic (exact) mass is 538 g/mol. The third-order valence-corrected chi connectivity index (χ3v) is 6.25. The van der Waals surface area contributed by atoms with Gasteiger partial charge in [0.05, 0.1) is 24.4 Å². The van der Waals surface area contributed by atoms with E-state index in [1.165, 1.54) is 29.2 Å². The van der Waals surface area contributed by atoms with E-state index in [-0.39, 0.29) is 53.9 Å². The van der Waals surface area contributed by atoms with E-state index in [4.69, 9.17) is 0 Å². The molecule has 0 saturated carbocycles. The largest absolute Gasteiger partial charge is 0.428 e. The zero-order chi connectivity index (χ0) is 27.6. The molecule has 0 aromatic heterocycles. The smallest absolute Gasteiger partial charge is 0.335 e. The molecule has 37 heavy (non-hydrogen) atoms. The Hall–Kier alpha value is -3.22. The van der Waals surface area contributed by atoms with Crippen LogP contribution in [-0.2, 0) is 27.1 Å². The second kappa shape index (κ2) is 8.67. The molecule has 1 saturated heterocycles. The molecule has 0 spiro atoms. The molecule has 0 bridgehead atoms. The van der Waals surface area contributed by atoms with Crippen molar-refractivity contribution in [3.8, 4) is 0 Å². The molecule has 13 heteroatoms. The first-order valence-corrected chi connectivity index (χ1v) is 10.9. The maximum Gasteiger partial charge on any atom is 0.428 e. The number of carbonyl (C=O) groups is 1. The van der Waals surface area contributed by atoms with E-state index >= 15 is 4.39 Å². The Balaban J connectivity index is 1.67. The number of nitrogens with one attached hydrogen (secondary N) is 1. The standard InChI is InChI=1S/C24H19F9N2O2/c1-12(2)20(36)35-10-21(27,11-35)14-5-3-13(4-6-14)18-9-22(37-34-18,24(31,32)33)15-7-16(23(28,29)30)19(26)17(25)8-15/h3-9,12,34H,10-11H2,1-2H3. The van der Waals surface area contributed by atoms with Crippen LogP contribution in [0.15, 0.2) is 42.5 Å². The number of hydroxylamine groups is 1. The van der Waals surface area contributed by atoms with E-state index in [1.807, 2.05) is 5.48 Å². The molecule has 2 aromatic carbocycles. The van der Waals surface area contributed by atoms with Crippen molar-refractivity contribution in [2.45, 2.75) is 37.5 Å². The first kappa shape index (κ1) is 26.8. The number of amides is 1. The predicted molar refractivity (Wildman–Crippen MR) is 112 cm³/mol. The van der Waals surface area contributed by atoms with Gasteiger partial charge in [-0.2, -0.15) is 26.3 Å². The highest BCUT2D eigenvalue weighted by Gasteiger charge is 2.60. The topological polar surface area (TPSA) is 41.6 Å². The highest BCUT2D eigenvalue weighted by atomic mass is 19.4. The summed E-state index contributed by atoms with van der Waals surface area (Å²) in [4.78, 5) is 18.0. The average Bonchev–Trinajstić information content (AvgIpc) is 3.24. The lowest BCUT2D eigenvalue weighted by Crippen LogP contribution is -2.59. The summed E-state index contributed by atoms with van der Waals surface area (Å²) in [6, 6.07) is 4.92.